The smallest absolute Gasteiger partial charge is 0.100 e. The minimum absolute atomic E-state index is 0.798. The first-order valence-electron chi connectivity index (χ1n) is 8.70. The Morgan fingerprint density at radius 2 is 2.00 bits per heavy atom. The highest BCUT2D eigenvalue weighted by Gasteiger charge is 2.16. The molecule has 0 amide bonds. The van der Waals surface area contributed by atoms with Crippen LogP contribution in [0.2, 0.25) is 0 Å². The van der Waals surface area contributed by atoms with Crippen molar-refractivity contribution in [1.29, 1.82) is 0 Å². The first kappa shape index (κ1) is 15.4. The van der Waals surface area contributed by atoms with Gasteiger partial charge in [0.05, 0.1) is 11.0 Å². The molecule has 2 heterocycles. The highest BCUT2D eigenvalue weighted by molar-refractivity contribution is 5.77. The van der Waals surface area contributed by atoms with Gasteiger partial charge in [-0.25, -0.2) is 4.98 Å². The average molecular weight is 320 g/mol. The van der Waals surface area contributed by atoms with E-state index in [9.17, 15) is 0 Å². The van der Waals surface area contributed by atoms with Crippen LogP contribution < -0.4 is 5.32 Å². The summed E-state index contributed by atoms with van der Waals surface area (Å²) in [6.07, 6.45) is 3.20. The topological polar surface area (TPSA) is 33.1 Å². The first-order chi connectivity index (χ1) is 11.8. The van der Waals surface area contributed by atoms with Crippen LogP contribution in [0.25, 0.3) is 16.7 Å². The third-order valence-corrected chi connectivity index (χ3v) is 4.85. The van der Waals surface area contributed by atoms with Gasteiger partial charge in [0.1, 0.15) is 6.33 Å². The van der Waals surface area contributed by atoms with Crippen LogP contribution in [0, 0.1) is 5.92 Å². The Morgan fingerprint density at radius 3 is 2.79 bits per heavy atom. The second-order valence-electron chi connectivity index (χ2n) is 6.83. The van der Waals surface area contributed by atoms with Gasteiger partial charge in [0.2, 0.25) is 0 Å². The molecule has 0 saturated carbocycles. The van der Waals surface area contributed by atoms with Crippen molar-refractivity contribution >= 4 is 11.0 Å². The maximum absolute atomic E-state index is 4.47. The summed E-state index contributed by atoms with van der Waals surface area (Å²) in [6, 6.07) is 17.1. The van der Waals surface area contributed by atoms with Gasteiger partial charge in [-0.3, -0.25) is 4.57 Å². The molecular formula is C20H24N4. The fraction of sp³-hybridized carbons (Fsp3) is 0.350. The number of nitrogens with one attached hydrogen (secondary N) is 1. The maximum Gasteiger partial charge on any atom is 0.100 e. The number of fused-ring (bicyclic) bond motifs is 1. The van der Waals surface area contributed by atoms with Crippen LogP contribution in [0.1, 0.15) is 12.0 Å². The standard InChI is InChI=1S/C20H24N4/c1-23(14-17-10-11-21-12-17)13-16-6-8-18(9-7-16)24-15-22-19-4-2-3-5-20(19)24/h2-9,15,17,21H,10-14H2,1H3. The molecule has 124 valence electrons. The fourth-order valence-corrected chi connectivity index (χ4v) is 3.61. The number of para-hydroxylation sites is 2. The lowest BCUT2D eigenvalue weighted by Crippen LogP contribution is -2.26. The van der Waals surface area contributed by atoms with E-state index in [-0.39, 0.29) is 0 Å². The van der Waals surface area contributed by atoms with Crippen LogP contribution in [0.4, 0.5) is 0 Å². The summed E-state index contributed by atoms with van der Waals surface area (Å²) in [4.78, 5) is 6.90. The minimum Gasteiger partial charge on any atom is -0.316 e. The van der Waals surface area contributed by atoms with Gasteiger partial charge in [-0.05, 0) is 62.3 Å². The summed E-state index contributed by atoms with van der Waals surface area (Å²) in [5.41, 5.74) is 4.70. The molecule has 1 unspecified atom stereocenters. The molecule has 4 heteroatoms. The van der Waals surface area contributed by atoms with E-state index < -0.39 is 0 Å². The summed E-state index contributed by atoms with van der Waals surface area (Å²) in [5, 5.41) is 3.44. The Labute approximate surface area is 143 Å². The zero-order valence-corrected chi connectivity index (χ0v) is 14.2. The highest BCUT2D eigenvalue weighted by Crippen LogP contribution is 2.19. The molecule has 0 spiro atoms. The van der Waals surface area contributed by atoms with Crippen molar-refractivity contribution in [2.24, 2.45) is 5.92 Å². The summed E-state index contributed by atoms with van der Waals surface area (Å²) in [5.74, 6) is 0.798. The lowest BCUT2D eigenvalue weighted by atomic mass is 10.1. The molecule has 1 aliphatic rings. The van der Waals surface area contributed by atoms with Crippen molar-refractivity contribution in [3.05, 3.63) is 60.4 Å². The molecule has 1 aliphatic heterocycles. The second-order valence-corrected chi connectivity index (χ2v) is 6.83. The van der Waals surface area contributed by atoms with Crippen molar-refractivity contribution in [2.45, 2.75) is 13.0 Å². The van der Waals surface area contributed by atoms with Gasteiger partial charge >= 0.3 is 0 Å². The molecule has 0 bridgehead atoms. The van der Waals surface area contributed by atoms with Crippen molar-refractivity contribution in [2.75, 3.05) is 26.7 Å². The van der Waals surface area contributed by atoms with E-state index in [1.54, 1.807) is 0 Å². The van der Waals surface area contributed by atoms with E-state index in [2.05, 4.69) is 63.2 Å². The van der Waals surface area contributed by atoms with E-state index in [1.165, 1.54) is 25.1 Å². The highest BCUT2D eigenvalue weighted by atomic mass is 15.1. The lowest BCUT2D eigenvalue weighted by molar-refractivity contribution is 0.278. The molecule has 3 aromatic rings. The summed E-state index contributed by atoms with van der Waals surface area (Å²) >= 11 is 0. The van der Waals surface area contributed by atoms with Crippen LogP contribution in [0.3, 0.4) is 0 Å². The average Bonchev–Trinajstić information content (AvgIpc) is 3.25. The van der Waals surface area contributed by atoms with E-state index in [4.69, 9.17) is 0 Å². The molecule has 4 rings (SSSR count). The molecule has 1 saturated heterocycles. The molecule has 0 radical (unpaired) electrons. The van der Waals surface area contributed by atoms with E-state index in [0.717, 1.165) is 35.7 Å². The SMILES string of the molecule is CN(Cc1ccc(-n2cnc3ccccc32)cc1)CC1CCNC1. The second kappa shape index (κ2) is 6.75. The molecule has 2 aromatic carbocycles. The van der Waals surface area contributed by atoms with Gasteiger partial charge in [0.15, 0.2) is 0 Å². The van der Waals surface area contributed by atoms with Crippen LogP contribution in [0.5, 0.6) is 0 Å². The summed E-state index contributed by atoms with van der Waals surface area (Å²) < 4.78 is 2.15. The van der Waals surface area contributed by atoms with Gasteiger partial charge in [-0.2, -0.15) is 0 Å². The number of rotatable bonds is 5. The lowest BCUT2D eigenvalue weighted by Gasteiger charge is -2.20. The molecular weight excluding hydrogens is 296 g/mol. The van der Waals surface area contributed by atoms with Crippen LogP contribution >= 0.6 is 0 Å². The monoisotopic (exact) mass is 320 g/mol. The largest absolute Gasteiger partial charge is 0.316 e. The molecule has 24 heavy (non-hydrogen) atoms. The normalized spacial score (nSPS) is 17.8. The number of hydrogen-bond acceptors (Lipinski definition) is 3. The van der Waals surface area contributed by atoms with Crippen molar-refractivity contribution in [3.63, 3.8) is 0 Å². The quantitative estimate of drug-likeness (QED) is 0.784. The van der Waals surface area contributed by atoms with Gasteiger partial charge in [-0.15, -0.1) is 0 Å². The van der Waals surface area contributed by atoms with Crippen LogP contribution in [-0.2, 0) is 6.54 Å². The zero-order valence-electron chi connectivity index (χ0n) is 14.2. The Morgan fingerprint density at radius 1 is 1.17 bits per heavy atom. The maximum atomic E-state index is 4.47. The van der Waals surface area contributed by atoms with Crippen molar-refractivity contribution < 1.29 is 0 Å². The van der Waals surface area contributed by atoms with E-state index in [0.29, 0.717) is 0 Å². The molecule has 1 atom stereocenters. The zero-order chi connectivity index (χ0) is 16.4. The predicted octanol–water partition coefficient (Wildman–Crippen LogP) is 3.07. The number of nitrogens with zero attached hydrogens (tertiary/aromatic N) is 3. The number of hydrogen-bond donors (Lipinski definition) is 1. The van der Waals surface area contributed by atoms with Gasteiger partial charge in [-0.1, -0.05) is 24.3 Å². The van der Waals surface area contributed by atoms with E-state index in [1.807, 2.05) is 18.5 Å². The molecule has 1 fully saturated rings. The fourth-order valence-electron chi connectivity index (χ4n) is 3.61. The summed E-state index contributed by atoms with van der Waals surface area (Å²) in [7, 11) is 2.22. The number of benzene rings is 2. The van der Waals surface area contributed by atoms with E-state index >= 15 is 0 Å². The number of aromatic nitrogens is 2. The Kier molecular flexibility index (Phi) is 4.32. The van der Waals surface area contributed by atoms with Crippen molar-refractivity contribution in [1.82, 2.24) is 19.8 Å². The Hall–Kier alpha value is -2.17. The molecule has 4 nitrogen and oxygen atoms in total. The third-order valence-electron chi connectivity index (χ3n) is 4.85. The van der Waals surface area contributed by atoms with Gasteiger partial charge in [0, 0.05) is 18.8 Å². The van der Waals surface area contributed by atoms with Gasteiger partial charge in [0.25, 0.3) is 0 Å². The van der Waals surface area contributed by atoms with Gasteiger partial charge < -0.3 is 10.2 Å². The Bertz CT molecular complexity index is 800. The molecule has 0 aliphatic carbocycles. The van der Waals surface area contributed by atoms with Crippen molar-refractivity contribution in [3.8, 4) is 5.69 Å². The van der Waals surface area contributed by atoms with Crippen LogP contribution in [-0.4, -0.2) is 41.1 Å². The first-order valence-corrected chi connectivity index (χ1v) is 8.70. The van der Waals surface area contributed by atoms with Crippen LogP contribution in [0.15, 0.2) is 54.9 Å². The predicted molar refractivity (Wildman–Crippen MR) is 98.4 cm³/mol. The summed E-state index contributed by atoms with van der Waals surface area (Å²) in [6.45, 7) is 4.51. The molecule has 1 N–H and O–H groups in total. The Balaban J connectivity index is 1.46. The number of imidazole rings is 1. The molecule has 1 aromatic heterocycles. The third kappa shape index (κ3) is 3.21. The minimum atomic E-state index is 0.798.